The van der Waals surface area contributed by atoms with Gasteiger partial charge in [0.05, 0.1) is 5.60 Å². The second-order valence-electron chi connectivity index (χ2n) is 6.55. The molecule has 3 rings (SSSR count). The summed E-state index contributed by atoms with van der Waals surface area (Å²) in [7, 11) is 0. The number of fused-ring (bicyclic) bond motifs is 1. The monoisotopic (exact) mass is 289 g/mol. The van der Waals surface area contributed by atoms with E-state index in [0.717, 1.165) is 51.3 Å². The molecule has 1 aromatic heterocycles. The lowest BCUT2D eigenvalue weighted by atomic mass is 9.71. The van der Waals surface area contributed by atoms with Crippen LogP contribution in [0.5, 0.6) is 0 Å². The Balaban J connectivity index is 1.65. The third-order valence-electron chi connectivity index (χ3n) is 5.14. The molecule has 116 valence electrons. The second-order valence-corrected chi connectivity index (χ2v) is 6.55. The lowest BCUT2D eigenvalue weighted by Gasteiger charge is -2.47. The van der Waals surface area contributed by atoms with Gasteiger partial charge in [0.2, 0.25) is 0 Å². The highest BCUT2D eigenvalue weighted by Gasteiger charge is 2.42. The van der Waals surface area contributed by atoms with Crippen LogP contribution in [-0.2, 0) is 6.54 Å². The maximum absolute atomic E-state index is 10.7. The highest BCUT2D eigenvalue weighted by Crippen LogP contribution is 2.40. The van der Waals surface area contributed by atoms with Crippen LogP contribution in [0.25, 0.3) is 0 Å². The Kier molecular flexibility index (Phi) is 4.45. The fourth-order valence-electron chi connectivity index (χ4n) is 3.76. The zero-order chi connectivity index (χ0) is 14.7. The number of nitrogens with one attached hydrogen (secondary N) is 1. The Morgan fingerprint density at radius 3 is 3.05 bits per heavy atom. The topological polar surface area (TPSA) is 48.4 Å². The van der Waals surface area contributed by atoms with Crippen molar-refractivity contribution >= 4 is 5.82 Å². The van der Waals surface area contributed by atoms with Gasteiger partial charge in [-0.2, -0.15) is 0 Å². The van der Waals surface area contributed by atoms with Crippen LogP contribution >= 0.6 is 0 Å². The number of hydrogen-bond acceptors (Lipinski definition) is 4. The summed E-state index contributed by atoms with van der Waals surface area (Å²) >= 11 is 0. The van der Waals surface area contributed by atoms with Gasteiger partial charge in [0.1, 0.15) is 5.82 Å². The standard InChI is InChI=1S/C17H27N3O/c1-2-18-11-14-6-7-16(19-12-14)20-10-9-17(21)8-4-3-5-15(17)13-20/h6-7,12,15,18,21H,2-5,8-11,13H2,1H3. The van der Waals surface area contributed by atoms with Crippen molar-refractivity contribution in [1.82, 2.24) is 10.3 Å². The minimum Gasteiger partial charge on any atom is -0.389 e. The number of rotatable bonds is 4. The van der Waals surface area contributed by atoms with Crippen molar-refractivity contribution in [1.29, 1.82) is 0 Å². The van der Waals surface area contributed by atoms with E-state index >= 15 is 0 Å². The summed E-state index contributed by atoms with van der Waals surface area (Å²) in [5.41, 5.74) is 0.825. The van der Waals surface area contributed by atoms with Gasteiger partial charge < -0.3 is 15.3 Å². The Morgan fingerprint density at radius 1 is 1.38 bits per heavy atom. The zero-order valence-corrected chi connectivity index (χ0v) is 13.0. The summed E-state index contributed by atoms with van der Waals surface area (Å²) in [5, 5.41) is 14.1. The van der Waals surface area contributed by atoms with Crippen LogP contribution < -0.4 is 10.2 Å². The maximum Gasteiger partial charge on any atom is 0.128 e. The van der Waals surface area contributed by atoms with Crippen LogP contribution in [0.15, 0.2) is 18.3 Å². The predicted octanol–water partition coefficient (Wildman–Crippen LogP) is 2.32. The van der Waals surface area contributed by atoms with Crippen LogP contribution in [0, 0.1) is 5.92 Å². The molecule has 2 heterocycles. The van der Waals surface area contributed by atoms with Gasteiger partial charge in [-0.1, -0.05) is 25.8 Å². The lowest BCUT2D eigenvalue weighted by Crippen LogP contribution is -2.53. The molecule has 4 nitrogen and oxygen atoms in total. The van der Waals surface area contributed by atoms with Crippen molar-refractivity contribution in [2.75, 3.05) is 24.5 Å². The van der Waals surface area contributed by atoms with Crippen LogP contribution in [0.3, 0.4) is 0 Å². The van der Waals surface area contributed by atoms with E-state index in [0.29, 0.717) is 5.92 Å². The van der Waals surface area contributed by atoms with Crippen LogP contribution in [0.1, 0.15) is 44.6 Å². The van der Waals surface area contributed by atoms with Crippen molar-refractivity contribution in [2.45, 2.75) is 51.2 Å². The molecule has 1 aliphatic carbocycles. The summed E-state index contributed by atoms with van der Waals surface area (Å²) in [6, 6.07) is 4.28. The van der Waals surface area contributed by atoms with Crippen molar-refractivity contribution in [2.24, 2.45) is 5.92 Å². The van der Waals surface area contributed by atoms with Crippen LogP contribution in [0.4, 0.5) is 5.82 Å². The molecule has 0 amide bonds. The van der Waals surface area contributed by atoms with Crippen molar-refractivity contribution < 1.29 is 5.11 Å². The molecule has 21 heavy (non-hydrogen) atoms. The Bertz CT molecular complexity index is 462. The zero-order valence-electron chi connectivity index (χ0n) is 13.0. The molecule has 0 spiro atoms. The van der Waals surface area contributed by atoms with Gasteiger partial charge in [0.15, 0.2) is 0 Å². The van der Waals surface area contributed by atoms with E-state index in [1.54, 1.807) is 0 Å². The first-order chi connectivity index (χ1) is 10.2. The van der Waals surface area contributed by atoms with E-state index in [-0.39, 0.29) is 0 Å². The summed E-state index contributed by atoms with van der Waals surface area (Å²) in [6.45, 7) is 5.85. The molecule has 2 N–H and O–H groups in total. The minimum atomic E-state index is -0.403. The van der Waals surface area contributed by atoms with Gasteiger partial charge in [-0.25, -0.2) is 4.98 Å². The third-order valence-corrected chi connectivity index (χ3v) is 5.14. The first-order valence-electron chi connectivity index (χ1n) is 8.34. The van der Waals surface area contributed by atoms with Gasteiger partial charge in [-0.05, 0) is 37.4 Å². The number of aliphatic hydroxyl groups is 1. The minimum absolute atomic E-state index is 0.403. The molecular weight excluding hydrogens is 262 g/mol. The molecule has 1 saturated carbocycles. The first kappa shape index (κ1) is 14.8. The number of aromatic nitrogens is 1. The summed E-state index contributed by atoms with van der Waals surface area (Å²) in [6.07, 6.45) is 7.45. The molecule has 1 aromatic rings. The smallest absolute Gasteiger partial charge is 0.128 e. The normalized spacial score (nSPS) is 29.2. The highest BCUT2D eigenvalue weighted by molar-refractivity contribution is 5.40. The van der Waals surface area contributed by atoms with E-state index in [4.69, 9.17) is 0 Å². The SMILES string of the molecule is CCNCc1ccc(N2CCC3(O)CCCCC3C2)nc1. The summed E-state index contributed by atoms with van der Waals surface area (Å²) < 4.78 is 0. The number of nitrogens with zero attached hydrogens (tertiary/aromatic N) is 2. The van der Waals surface area contributed by atoms with Crippen molar-refractivity contribution in [3.8, 4) is 0 Å². The molecule has 2 fully saturated rings. The molecule has 0 aromatic carbocycles. The van der Waals surface area contributed by atoms with Gasteiger partial charge in [0.25, 0.3) is 0 Å². The number of hydrogen-bond donors (Lipinski definition) is 2. The molecule has 2 aliphatic rings. The van der Waals surface area contributed by atoms with E-state index < -0.39 is 5.60 Å². The molecule has 0 radical (unpaired) electrons. The average Bonchev–Trinajstić information content (AvgIpc) is 2.52. The van der Waals surface area contributed by atoms with E-state index in [1.165, 1.54) is 18.4 Å². The Hall–Kier alpha value is -1.13. The second kappa shape index (κ2) is 6.32. The van der Waals surface area contributed by atoms with Gasteiger partial charge in [-0.15, -0.1) is 0 Å². The highest BCUT2D eigenvalue weighted by atomic mass is 16.3. The van der Waals surface area contributed by atoms with Crippen molar-refractivity contribution in [3.05, 3.63) is 23.9 Å². The van der Waals surface area contributed by atoms with E-state index in [9.17, 15) is 5.11 Å². The fourth-order valence-corrected chi connectivity index (χ4v) is 3.76. The molecule has 4 heteroatoms. The molecule has 0 bridgehead atoms. The van der Waals surface area contributed by atoms with Gasteiger partial charge in [-0.3, -0.25) is 0 Å². The summed E-state index contributed by atoms with van der Waals surface area (Å²) in [5.74, 6) is 1.48. The Morgan fingerprint density at radius 2 is 2.29 bits per heavy atom. The van der Waals surface area contributed by atoms with Gasteiger partial charge >= 0.3 is 0 Å². The number of pyridine rings is 1. The average molecular weight is 289 g/mol. The predicted molar refractivity (Wildman–Crippen MR) is 85.4 cm³/mol. The molecular formula is C17H27N3O. The largest absolute Gasteiger partial charge is 0.389 e. The quantitative estimate of drug-likeness (QED) is 0.893. The van der Waals surface area contributed by atoms with E-state index in [1.807, 2.05) is 6.20 Å². The van der Waals surface area contributed by atoms with Crippen LogP contribution in [-0.4, -0.2) is 35.3 Å². The number of piperidine rings is 1. The first-order valence-corrected chi connectivity index (χ1v) is 8.34. The maximum atomic E-state index is 10.7. The Labute approximate surface area is 127 Å². The van der Waals surface area contributed by atoms with E-state index in [2.05, 4.69) is 34.3 Å². The molecule has 1 aliphatic heterocycles. The molecule has 1 saturated heterocycles. The molecule has 2 unspecified atom stereocenters. The molecule has 2 atom stereocenters. The van der Waals surface area contributed by atoms with Crippen LogP contribution in [0.2, 0.25) is 0 Å². The third kappa shape index (κ3) is 3.22. The van der Waals surface area contributed by atoms with Gasteiger partial charge in [0, 0.05) is 31.7 Å². The summed E-state index contributed by atoms with van der Waals surface area (Å²) in [4.78, 5) is 6.97. The lowest BCUT2D eigenvalue weighted by molar-refractivity contribution is -0.0613. The van der Waals surface area contributed by atoms with Crippen molar-refractivity contribution in [3.63, 3.8) is 0 Å². The fraction of sp³-hybridized carbons (Fsp3) is 0.706. The number of anilines is 1.